The van der Waals surface area contributed by atoms with Crippen molar-refractivity contribution >= 4 is 0 Å². The molecule has 0 spiro atoms. The standard InChI is InChI=1S/C8H21N2/c1-8(2)9-6-7-10(3,4)5/h8-9H,6-7H2,1-5H3/q+1. The van der Waals surface area contributed by atoms with Crippen LogP contribution < -0.4 is 5.32 Å². The first-order valence-corrected chi connectivity index (χ1v) is 3.95. The fourth-order valence-electron chi connectivity index (χ4n) is 0.689. The van der Waals surface area contributed by atoms with Crippen LogP contribution in [0.15, 0.2) is 0 Å². The number of hydrogen-bond acceptors (Lipinski definition) is 1. The van der Waals surface area contributed by atoms with Gasteiger partial charge in [0.15, 0.2) is 0 Å². The molecule has 0 fully saturated rings. The maximum Gasteiger partial charge on any atom is 0.0907 e. The third-order valence-corrected chi connectivity index (χ3v) is 1.34. The van der Waals surface area contributed by atoms with Gasteiger partial charge in [0.05, 0.1) is 27.7 Å². The van der Waals surface area contributed by atoms with Crippen molar-refractivity contribution in [2.24, 2.45) is 0 Å². The predicted octanol–water partition coefficient (Wildman–Crippen LogP) is 0.691. The fourth-order valence-corrected chi connectivity index (χ4v) is 0.689. The number of nitrogens with zero attached hydrogens (tertiary/aromatic N) is 1. The highest BCUT2D eigenvalue weighted by Gasteiger charge is 2.05. The van der Waals surface area contributed by atoms with E-state index in [9.17, 15) is 0 Å². The van der Waals surface area contributed by atoms with E-state index in [1.165, 1.54) is 6.54 Å². The summed E-state index contributed by atoms with van der Waals surface area (Å²) in [4.78, 5) is 0. The van der Waals surface area contributed by atoms with Gasteiger partial charge in [0.1, 0.15) is 0 Å². The predicted molar refractivity (Wildman–Crippen MR) is 46.0 cm³/mol. The summed E-state index contributed by atoms with van der Waals surface area (Å²) in [6, 6.07) is 0.617. The van der Waals surface area contributed by atoms with E-state index in [0.717, 1.165) is 11.0 Å². The van der Waals surface area contributed by atoms with Crippen molar-refractivity contribution in [2.45, 2.75) is 19.9 Å². The van der Waals surface area contributed by atoms with Crippen LogP contribution in [-0.2, 0) is 0 Å². The molecule has 0 heterocycles. The van der Waals surface area contributed by atoms with Crippen LogP contribution in [0, 0.1) is 0 Å². The number of hydrogen-bond donors (Lipinski definition) is 1. The SMILES string of the molecule is CC(C)NCC[N+](C)(C)C. The Morgan fingerprint density at radius 3 is 2.00 bits per heavy atom. The van der Waals surface area contributed by atoms with Crippen molar-refractivity contribution in [3.05, 3.63) is 0 Å². The minimum Gasteiger partial charge on any atom is -0.330 e. The number of likely N-dealkylation sites (N-methyl/N-ethyl adjacent to an activating group) is 1. The Morgan fingerprint density at radius 2 is 1.70 bits per heavy atom. The molecule has 10 heavy (non-hydrogen) atoms. The lowest BCUT2D eigenvalue weighted by atomic mass is 10.4. The summed E-state index contributed by atoms with van der Waals surface area (Å²) in [5, 5.41) is 3.39. The minimum atomic E-state index is 0.617. The molecule has 0 aromatic carbocycles. The quantitative estimate of drug-likeness (QED) is 0.574. The second-order valence-corrected chi connectivity index (χ2v) is 4.12. The molecule has 0 aromatic rings. The van der Waals surface area contributed by atoms with Crippen molar-refractivity contribution in [2.75, 3.05) is 34.2 Å². The molecule has 0 aliphatic rings. The van der Waals surface area contributed by atoms with E-state index >= 15 is 0 Å². The highest BCUT2D eigenvalue weighted by Crippen LogP contribution is 1.87. The van der Waals surface area contributed by atoms with Crippen LogP contribution in [0.2, 0.25) is 0 Å². The molecule has 0 aromatic heterocycles. The van der Waals surface area contributed by atoms with Gasteiger partial charge >= 0.3 is 0 Å². The molecule has 1 N–H and O–H groups in total. The van der Waals surface area contributed by atoms with Gasteiger partial charge in [-0.05, 0) is 0 Å². The summed E-state index contributed by atoms with van der Waals surface area (Å²) in [6.45, 7) is 6.66. The average molecular weight is 145 g/mol. The topological polar surface area (TPSA) is 12.0 Å². The maximum absolute atomic E-state index is 3.39. The van der Waals surface area contributed by atoms with Crippen LogP contribution in [-0.4, -0.2) is 44.8 Å². The van der Waals surface area contributed by atoms with E-state index in [4.69, 9.17) is 0 Å². The molecule has 0 rings (SSSR count). The Morgan fingerprint density at radius 1 is 1.20 bits per heavy atom. The van der Waals surface area contributed by atoms with Gasteiger partial charge in [-0.25, -0.2) is 0 Å². The molecule has 2 heteroatoms. The zero-order valence-corrected chi connectivity index (χ0v) is 7.94. The lowest BCUT2D eigenvalue weighted by Gasteiger charge is -2.24. The van der Waals surface area contributed by atoms with Gasteiger partial charge in [0.25, 0.3) is 0 Å². The summed E-state index contributed by atoms with van der Waals surface area (Å²) in [6.07, 6.45) is 0. The molecule has 0 bridgehead atoms. The second-order valence-electron chi connectivity index (χ2n) is 4.12. The van der Waals surface area contributed by atoms with E-state index < -0.39 is 0 Å². The summed E-state index contributed by atoms with van der Waals surface area (Å²) < 4.78 is 1.04. The van der Waals surface area contributed by atoms with E-state index in [1.807, 2.05) is 0 Å². The van der Waals surface area contributed by atoms with Crippen molar-refractivity contribution in [1.29, 1.82) is 0 Å². The van der Waals surface area contributed by atoms with Gasteiger partial charge in [-0.15, -0.1) is 0 Å². The lowest BCUT2D eigenvalue weighted by molar-refractivity contribution is -0.869. The minimum absolute atomic E-state index is 0.617. The fraction of sp³-hybridized carbons (Fsp3) is 1.00. The molecule has 2 nitrogen and oxygen atoms in total. The number of quaternary nitrogens is 1. The molecule has 0 aliphatic heterocycles. The van der Waals surface area contributed by atoms with Crippen molar-refractivity contribution < 1.29 is 4.48 Å². The first-order valence-electron chi connectivity index (χ1n) is 3.95. The zero-order valence-electron chi connectivity index (χ0n) is 7.94. The maximum atomic E-state index is 3.39. The summed E-state index contributed by atoms with van der Waals surface area (Å²) in [5.74, 6) is 0. The van der Waals surface area contributed by atoms with E-state index in [-0.39, 0.29) is 0 Å². The largest absolute Gasteiger partial charge is 0.330 e. The highest BCUT2D eigenvalue weighted by molar-refractivity contribution is 4.50. The van der Waals surface area contributed by atoms with Crippen molar-refractivity contribution in [1.82, 2.24) is 5.32 Å². The van der Waals surface area contributed by atoms with Gasteiger partial charge in [-0.3, -0.25) is 0 Å². The smallest absolute Gasteiger partial charge is 0.0907 e. The summed E-state index contributed by atoms with van der Waals surface area (Å²) in [5.41, 5.74) is 0. The van der Waals surface area contributed by atoms with E-state index in [0.29, 0.717) is 6.04 Å². The molecule has 0 saturated heterocycles. The second kappa shape index (κ2) is 3.94. The third kappa shape index (κ3) is 7.92. The van der Waals surface area contributed by atoms with Gasteiger partial charge in [0.2, 0.25) is 0 Å². The van der Waals surface area contributed by atoms with Crippen LogP contribution >= 0.6 is 0 Å². The van der Waals surface area contributed by atoms with Crippen LogP contribution in [0.5, 0.6) is 0 Å². The van der Waals surface area contributed by atoms with Crippen LogP contribution in [0.4, 0.5) is 0 Å². The van der Waals surface area contributed by atoms with Crippen LogP contribution in [0.25, 0.3) is 0 Å². The molecule has 0 radical (unpaired) electrons. The lowest BCUT2D eigenvalue weighted by Crippen LogP contribution is -2.41. The summed E-state index contributed by atoms with van der Waals surface area (Å²) >= 11 is 0. The zero-order chi connectivity index (χ0) is 8.20. The molecular weight excluding hydrogens is 124 g/mol. The Kier molecular flexibility index (Phi) is 3.91. The number of nitrogens with one attached hydrogen (secondary N) is 1. The molecule has 0 aliphatic carbocycles. The van der Waals surface area contributed by atoms with Gasteiger partial charge in [-0.2, -0.15) is 0 Å². The van der Waals surface area contributed by atoms with E-state index in [1.54, 1.807) is 0 Å². The van der Waals surface area contributed by atoms with Gasteiger partial charge < -0.3 is 9.80 Å². The Hall–Kier alpha value is -0.0800. The van der Waals surface area contributed by atoms with Crippen LogP contribution in [0.3, 0.4) is 0 Å². The monoisotopic (exact) mass is 145 g/mol. The molecule has 62 valence electrons. The van der Waals surface area contributed by atoms with Crippen molar-refractivity contribution in [3.63, 3.8) is 0 Å². The van der Waals surface area contributed by atoms with Crippen molar-refractivity contribution in [3.8, 4) is 0 Å². The molecule has 0 saturated carbocycles. The van der Waals surface area contributed by atoms with Gasteiger partial charge in [-0.1, -0.05) is 13.8 Å². The first-order chi connectivity index (χ1) is 4.42. The average Bonchev–Trinajstić information content (AvgIpc) is 1.59. The van der Waals surface area contributed by atoms with Gasteiger partial charge in [0, 0.05) is 12.6 Å². The molecule has 0 amide bonds. The Labute approximate surface area is 64.8 Å². The number of rotatable bonds is 4. The first kappa shape index (κ1) is 9.92. The molecule has 0 atom stereocenters. The Balaban J connectivity index is 3.21. The Bertz CT molecular complexity index is 81.7. The molecule has 0 unspecified atom stereocenters. The highest BCUT2D eigenvalue weighted by atomic mass is 15.3. The normalized spacial score (nSPS) is 12.6. The summed E-state index contributed by atoms with van der Waals surface area (Å²) in [7, 11) is 6.63. The van der Waals surface area contributed by atoms with E-state index in [2.05, 4.69) is 40.3 Å². The molecular formula is C8H21N2+. The third-order valence-electron chi connectivity index (χ3n) is 1.34. The van der Waals surface area contributed by atoms with Crippen LogP contribution in [0.1, 0.15) is 13.8 Å².